The molecule has 0 saturated carbocycles. The van der Waals surface area contributed by atoms with Gasteiger partial charge in [0.15, 0.2) is 23.4 Å². The Morgan fingerprint density at radius 1 is 1.19 bits per heavy atom. The second-order valence-corrected chi connectivity index (χ2v) is 8.59. The first kappa shape index (κ1) is 23.7. The number of benzene rings is 3. The minimum Gasteiger partial charge on any atom is -0.486 e. The zero-order valence-corrected chi connectivity index (χ0v) is 20.1. The van der Waals surface area contributed by atoms with E-state index in [1.165, 1.54) is 6.21 Å². The van der Waals surface area contributed by atoms with Crippen LogP contribution in [0.1, 0.15) is 5.56 Å². The molecular weight excluding hydrogens is 484 g/mol. The van der Waals surface area contributed by atoms with Crippen LogP contribution in [0.5, 0.6) is 11.5 Å². The summed E-state index contributed by atoms with van der Waals surface area (Å²) >= 11 is 6.83. The average Bonchev–Trinajstić information content (AvgIpc) is 3.19. The van der Waals surface area contributed by atoms with E-state index in [0.29, 0.717) is 46.8 Å². The van der Waals surface area contributed by atoms with E-state index in [4.69, 9.17) is 26.2 Å². The van der Waals surface area contributed by atoms with Gasteiger partial charge >= 0.3 is 5.97 Å². The summed E-state index contributed by atoms with van der Waals surface area (Å²) in [5.74, 6) is 0.791. The van der Waals surface area contributed by atoms with E-state index >= 15 is 0 Å². The van der Waals surface area contributed by atoms with Gasteiger partial charge in [0.2, 0.25) is 0 Å². The summed E-state index contributed by atoms with van der Waals surface area (Å²) in [6.45, 7) is 0.452. The number of aliphatic carboxylic acids is 1. The molecule has 1 aliphatic heterocycles. The van der Waals surface area contributed by atoms with Crippen molar-refractivity contribution in [1.29, 1.82) is 0 Å². The molecule has 9 nitrogen and oxygen atoms in total. The first-order chi connectivity index (χ1) is 17.4. The Bertz CT molecular complexity index is 1480. The van der Waals surface area contributed by atoms with Crippen LogP contribution >= 0.6 is 11.6 Å². The number of aliphatic hydroxyl groups excluding tert-OH is 1. The van der Waals surface area contributed by atoms with Gasteiger partial charge in [-0.1, -0.05) is 35.9 Å². The third kappa shape index (κ3) is 4.58. The van der Waals surface area contributed by atoms with Crippen molar-refractivity contribution >= 4 is 46.2 Å². The Hall–Kier alpha value is -4.08. The van der Waals surface area contributed by atoms with Gasteiger partial charge in [-0.2, -0.15) is 5.10 Å². The lowest BCUT2D eigenvalue weighted by molar-refractivity contribution is -0.139. The number of nitrogens with one attached hydrogen (secondary N) is 1. The number of halogens is 1. The fourth-order valence-corrected chi connectivity index (χ4v) is 4.29. The Labute approximate surface area is 211 Å². The number of aliphatic hydroxyl groups is 1. The molecule has 0 fully saturated rings. The predicted octanol–water partition coefficient (Wildman–Crippen LogP) is 4.27. The van der Waals surface area contributed by atoms with Gasteiger partial charge in [0, 0.05) is 24.2 Å². The van der Waals surface area contributed by atoms with E-state index in [1.54, 1.807) is 4.68 Å². The molecule has 3 aromatic carbocycles. The number of ether oxygens (including phenoxy) is 2. The number of carboxylic acids is 1. The summed E-state index contributed by atoms with van der Waals surface area (Å²) in [7, 11) is 1.83. The van der Waals surface area contributed by atoms with Gasteiger partial charge in [-0.05, 0) is 41.5 Å². The Kier molecular flexibility index (Phi) is 6.49. The molecule has 10 heteroatoms. The molecule has 3 N–H and O–H groups in total. The van der Waals surface area contributed by atoms with Gasteiger partial charge in [0.1, 0.15) is 13.2 Å². The van der Waals surface area contributed by atoms with Crippen molar-refractivity contribution in [3.05, 3.63) is 65.2 Å². The molecular formula is C26H23ClN4O5. The van der Waals surface area contributed by atoms with Gasteiger partial charge in [-0.25, -0.2) is 4.79 Å². The Balaban J connectivity index is 1.47. The van der Waals surface area contributed by atoms with Crippen LogP contribution in [-0.2, 0) is 11.8 Å². The molecule has 1 atom stereocenters. The summed E-state index contributed by atoms with van der Waals surface area (Å²) in [5, 5.41) is 27.6. The van der Waals surface area contributed by atoms with Crippen LogP contribution in [0.2, 0.25) is 5.02 Å². The van der Waals surface area contributed by atoms with Crippen LogP contribution in [0, 0.1) is 0 Å². The van der Waals surface area contributed by atoms with Crippen LogP contribution in [0.25, 0.3) is 22.0 Å². The number of aliphatic imine (C=N–C) groups is 1. The molecule has 2 heterocycles. The van der Waals surface area contributed by atoms with Crippen molar-refractivity contribution in [2.24, 2.45) is 12.0 Å². The fourth-order valence-electron chi connectivity index (χ4n) is 4.01. The van der Waals surface area contributed by atoms with Crippen LogP contribution in [-0.4, -0.2) is 58.0 Å². The fraction of sp³-hybridized carbons (Fsp3) is 0.192. The maximum absolute atomic E-state index is 11.1. The van der Waals surface area contributed by atoms with E-state index in [0.717, 1.165) is 22.0 Å². The maximum atomic E-state index is 11.1. The van der Waals surface area contributed by atoms with Crippen molar-refractivity contribution in [2.45, 2.75) is 6.04 Å². The van der Waals surface area contributed by atoms with E-state index in [9.17, 15) is 9.90 Å². The molecule has 1 aromatic heterocycles. The second kappa shape index (κ2) is 9.88. The smallest absolute Gasteiger partial charge is 0.330 e. The van der Waals surface area contributed by atoms with Crippen LogP contribution in [0.15, 0.2) is 59.6 Å². The number of rotatable bonds is 7. The third-order valence-corrected chi connectivity index (χ3v) is 6.25. The van der Waals surface area contributed by atoms with E-state index < -0.39 is 18.6 Å². The number of fused-ring (bicyclic) bond motifs is 2. The van der Waals surface area contributed by atoms with Gasteiger partial charge in [0.25, 0.3) is 0 Å². The zero-order chi connectivity index (χ0) is 25.2. The molecule has 1 aliphatic rings. The van der Waals surface area contributed by atoms with Crippen molar-refractivity contribution in [3.8, 4) is 22.6 Å². The number of hydrogen-bond acceptors (Lipinski definition) is 7. The minimum absolute atomic E-state index is 0.502. The monoisotopic (exact) mass is 506 g/mol. The van der Waals surface area contributed by atoms with E-state index in [-0.39, 0.29) is 0 Å². The van der Waals surface area contributed by atoms with Crippen LogP contribution < -0.4 is 14.8 Å². The second-order valence-electron chi connectivity index (χ2n) is 8.21. The van der Waals surface area contributed by atoms with Crippen molar-refractivity contribution in [2.75, 3.05) is 25.1 Å². The molecule has 0 aliphatic carbocycles. The van der Waals surface area contributed by atoms with Crippen molar-refractivity contribution < 1.29 is 24.5 Å². The number of hydrogen-bond donors (Lipinski definition) is 3. The van der Waals surface area contributed by atoms with Crippen molar-refractivity contribution in [3.63, 3.8) is 0 Å². The summed E-state index contributed by atoms with van der Waals surface area (Å²) in [6.07, 6.45) is 1.43. The number of anilines is 2. The number of carboxylic acid groups (broad SMARTS) is 1. The number of nitrogens with zero attached hydrogens (tertiary/aromatic N) is 3. The van der Waals surface area contributed by atoms with Gasteiger partial charge < -0.3 is 25.0 Å². The van der Waals surface area contributed by atoms with E-state index in [2.05, 4.69) is 15.4 Å². The predicted molar refractivity (Wildman–Crippen MR) is 138 cm³/mol. The molecule has 0 spiro atoms. The highest BCUT2D eigenvalue weighted by Gasteiger charge is 2.17. The maximum Gasteiger partial charge on any atom is 0.330 e. The van der Waals surface area contributed by atoms with Gasteiger partial charge in [0.05, 0.1) is 22.8 Å². The molecule has 5 rings (SSSR count). The van der Waals surface area contributed by atoms with Gasteiger partial charge in [-0.3, -0.25) is 9.67 Å². The first-order valence-corrected chi connectivity index (χ1v) is 11.6. The largest absolute Gasteiger partial charge is 0.486 e. The number of aryl methyl sites for hydroxylation is 1. The van der Waals surface area contributed by atoms with E-state index in [1.807, 2.05) is 61.6 Å². The van der Waals surface area contributed by atoms with Gasteiger partial charge in [-0.15, -0.1) is 0 Å². The number of aromatic nitrogens is 2. The van der Waals surface area contributed by atoms with Crippen LogP contribution in [0.4, 0.5) is 11.5 Å². The highest BCUT2D eigenvalue weighted by Crippen LogP contribution is 2.40. The lowest BCUT2D eigenvalue weighted by atomic mass is 10.0. The number of carbonyl (C=O) groups is 1. The SMILES string of the molecule is Cn1nc(Nc2cccc(-c3ccc4c(c3)OCCO4)c2Cl)c2cc(C=NC(CO)C(=O)O)ccc21. The molecule has 184 valence electrons. The highest BCUT2D eigenvalue weighted by molar-refractivity contribution is 6.36. The minimum atomic E-state index is -1.21. The summed E-state index contributed by atoms with van der Waals surface area (Å²) in [6, 6.07) is 15.8. The topological polar surface area (TPSA) is 118 Å². The molecule has 0 radical (unpaired) electrons. The summed E-state index contributed by atoms with van der Waals surface area (Å²) in [5.41, 5.74) is 3.94. The Morgan fingerprint density at radius 2 is 2.00 bits per heavy atom. The lowest BCUT2D eigenvalue weighted by Crippen LogP contribution is -2.22. The molecule has 4 aromatic rings. The highest BCUT2D eigenvalue weighted by atomic mass is 35.5. The standard InChI is InChI=1S/C26H23ClN4O5/c1-31-21-7-5-15(13-28-20(14-32)26(33)34)11-18(21)25(30-31)29-19-4-2-3-17(24(19)27)16-6-8-22-23(12-16)36-10-9-35-22/h2-8,11-13,20,32H,9-10,14H2,1H3,(H,29,30)(H,33,34). The Morgan fingerprint density at radius 3 is 2.78 bits per heavy atom. The molecule has 0 amide bonds. The third-order valence-electron chi connectivity index (χ3n) is 5.84. The average molecular weight is 507 g/mol. The molecule has 1 unspecified atom stereocenters. The quantitative estimate of drug-likeness (QED) is 0.320. The normalized spacial score (nSPS) is 13.8. The summed E-state index contributed by atoms with van der Waals surface area (Å²) < 4.78 is 13.1. The summed E-state index contributed by atoms with van der Waals surface area (Å²) in [4.78, 5) is 15.1. The molecule has 0 bridgehead atoms. The zero-order valence-electron chi connectivity index (χ0n) is 19.3. The molecule has 36 heavy (non-hydrogen) atoms. The first-order valence-electron chi connectivity index (χ1n) is 11.2. The van der Waals surface area contributed by atoms with Crippen molar-refractivity contribution in [1.82, 2.24) is 9.78 Å². The lowest BCUT2D eigenvalue weighted by Gasteiger charge is -2.19. The van der Waals surface area contributed by atoms with Crippen LogP contribution in [0.3, 0.4) is 0 Å². The molecule has 0 saturated heterocycles.